The van der Waals surface area contributed by atoms with Crippen LogP contribution in [0.4, 0.5) is 0 Å². The van der Waals surface area contributed by atoms with E-state index in [-0.39, 0.29) is 24.2 Å². The lowest BCUT2D eigenvalue weighted by molar-refractivity contribution is -0.142. The van der Waals surface area contributed by atoms with Crippen LogP contribution in [0.5, 0.6) is 0 Å². The highest BCUT2D eigenvalue weighted by Gasteiger charge is 2.19. The molecule has 0 saturated heterocycles. The number of esters is 1. The second-order valence-electron chi connectivity index (χ2n) is 4.32. The average molecular weight is 253 g/mol. The Morgan fingerprint density at radius 1 is 1.44 bits per heavy atom. The lowest BCUT2D eigenvalue weighted by Crippen LogP contribution is -2.35. The highest BCUT2D eigenvalue weighted by atomic mass is 16.5. The van der Waals surface area contributed by atoms with Gasteiger partial charge in [-0.3, -0.25) is 9.59 Å². The van der Waals surface area contributed by atoms with Gasteiger partial charge in [-0.1, -0.05) is 13.8 Å². The molecule has 0 aromatic carbocycles. The molecule has 0 saturated carbocycles. The monoisotopic (exact) mass is 253 g/mol. The molecule has 0 bridgehead atoms. The first-order valence-corrected chi connectivity index (χ1v) is 5.92. The lowest BCUT2D eigenvalue weighted by Gasteiger charge is -2.23. The number of hydrogen-bond donors (Lipinski definition) is 0. The van der Waals surface area contributed by atoms with Crippen LogP contribution in [-0.2, 0) is 20.9 Å². The zero-order chi connectivity index (χ0) is 13.5. The minimum atomic E-state index is -0.323. The Morgan fingerprint density at radius 3 is 2.67 bits per heavy atom. The van der Waals surface area contributed by atoms with Gasteiger partial charge in [-0.15, -0.1) is 0 Å². The molecule has 0 fully saturated rings. The molecule has 0 aliphatic heterocycles. The maximum absolute atomic E-state index is 12.0. The minimum Gasteiger partial charge on any atom is -0.469 e. The van der Waals surface area contributed by atoms with Gasteiger partial charge in [-0.2, -0.15) is 0 Å². The van der Waals surface area contributed by atoms with Gasteiger partial charge >= 0.3 is 5.97 Å². The van der Waals surface area contributed by atoms with Gasteiger partial charge in [0.05, 0.1) is 26.3 Å². The summed E-state index contributed by atoms with van der Waals surface area (Å²) in [6.07, 6.45) is 1.75. The van der Waals surface area contributed by atoms with E-state index < -0.39 is 0 Å². The van der Waals surface area contributed by atoms with Crippen molar-refractivity contribution >= 4 is 11.9 Å². The smallest absolute Gasteiger partial charge is 0.307 e. The molecular formula is C13H19NO4. The van der Waals surface area contributed by atoms with Crippen LogP contribution in [0.25, 0.3) is 0 Å². The summed E-state index contributed by atoms with van der Waals surface area (Å²) in [6.45, 7) is 4.37. The van der Waals surface area contributed by atoms with Crippen LogP contribution in [0.3, 0.4) is 0 Å². The third-order valence-electron chi connectivity index (χ3n) is 2.55. The summed E-state index contributed by atoms with van der Waals surface area (Å²) < 4.78 is 9.79. The molecule has 1 rings (SSSR count). The van der Waals surface area contributed by atoms with E-state index in [1.807, 2.05) is 13.8 Å². The first-order valence-electron chi connectivity index (χ1n) is 5.92. The Balaban J connectivity index is 2.63. The molecule has 1 amide bonds. The topological polar surface area (TPSA) is 59.8 Å². The van der Waals surface area contributed by atoms with E-state index in [1.165, 1.54) is 7.11 Å². The van der Waals surface area contributed by atoms with E-state index in [2.05, 4.69) is 4.74 Å². The van der Waals surface area contributed by atoms with Gasteiger partial charge in [0.15, 0.2) is 0 Å². The number of nitrogens with zero attached hydrogens (tertiary/aromatic N) is 1. The molecular weight excluding hydrogens is 234 g/mol. The zero-order valence-corrected chi connectivity index (χ0v) is 11.0. The van der Waals surface area contributed by atoms with Crippen molar-refractivity contribution in [2.45, 2.75) is 26.8 Å². The molecule has 1 heterocycles. The Morgan fingerprint density at radius 2 is 2.17 bits per heavy atom. The van der Waals surface area contributed by atoms with E-state index >= 15 is 0 Å². The summed E-state index contributed by atoms with van der Waals surface area (Å²) in [5, 5.41) is 0. The van der Waals surface area contributed by atoms with Crippen LogP contribution in [0.2, 0.25) is 0 Å². The van der Waals surface area contributed by atoms with Crippen LogP contribution < -0.4 is 0 Å². The number of ether oxygens (including phenoxy) is 1. The van der Waals surface area contributed by atoms with Gasteiger partial charge in [0.25, 0.3) is 0 Å². The maximum Gasteiger partial charge on any atom is 0.307 e. The Kier molecular flexibility index (Phi) is 5.42. The predicted octanol–water partition coefficient (Wildman–Crippen LogP) is 1.83. The van der Waals surface area contributed by atoms with Gasteiger partial charge in [-0.25, -0.2) is 0 Å². The van der Waals surface area contributed by atoms with Crippen LogP contribution in [0.15, 0.2) is 22.8 Å². The number of methoxy groups -OCH3 is 1. The van der Waals surface area contributed by atoms with Gasteiger partial charge in [-0.05, 0) is 12.1 Å². The van der Waals surface area contributed by atoms with Crippen molar-refractivity contribution in [2.24, 2.45) is 5.92 Å². The fourth-order valence-corrected chi connectivity index (χ4v) is 1.55. The van der Waals surface area contributed by atoms with Crippen molar-refractivity contribution in [2.75, 3.05) is 13.7 Å². The van der Waals surface area contributed by atoms with Crippen molar-refractivity contribution in [3.05, 3.63) is 24.2 Å². The third kappa shape index (κ3) is 4.24. The fraction of sp³-hybridized carbons (Fsp3) is 0.538. The highest BCUT2D eigenvalue weighted by Crippen LogP contribution is 2.10. The molecule has 0 aliphatic carbocycles. The number of amides is 1. The van der Waals surface area contributed by atoms with E-state index in [9.17, 15) is 9.59 Å². The highest BCUT2D eigenvalue weighted by molar-refractivity contribution is 5.78. The Bertz CT molecular complexity index is 384. The molecule has 1 aromatic heterocycles. The molecule has 5 heteroatoms. The number of furan rings is 1. The first kappa shape index (κ1) is 14.3. The van der Waals surface area contributed by atoms with Gasteiger partial charge in [0.2, 0.25) is 5.91 Å². The molecule has 0 atom stereocenters. The molecule has 18 heavy (non-hydrogen) atoms. The summed E-state index contributed by atoms with van der Waals surface area (Å²) in [6, 6.07) is 3.58. The molecule has 0 aliphatic rings. The summed E-state index contributed by atoms with van der Waals surface area (Å²) in [4.78, 5) is 24.7. The summed E-state index contributed by atoms with van der Waals surface area (Å²) in [7, 11) is 1.34. The fourth-order valence-electron chi connectivity index (χ4n) is 1.55. The molecule has 5 nitrogen and oxygen atoms in total. The van der Waals surface area contributed by atoms with Crippen molar-refractivity contribution < 1.29 is 18.7 Å². The second-order valence-corrected chi connectivity index (χ2v) is 4.32. The predicted molar refractivity (Wildman–Crippen MR) is 65.6 cm³/mol. The molecule has 1 aromatic rings. The standard InChI is InChI=1S/C13H19NO4/c1-10(2)13(16)14(7-6-12(15)17-3)9-11-5-4-8-18-11/h4-5,8,10H,6-7,9H2,1-3H3. The van der Waals surface area contributed by atoms with Crippen molar-refractivity contribution in [3.8, 4) is 0 Å². The van der Waals surface area contributed by atoms with E-state index in [0.29, 0.717) is 18.8 Å². The SMILES string of the molecule is COC(=O)CCN(Cc1ccco1)C(=O)C(C)C. The summed E-state index contributed by atoms with van der Waals surface area (Å²) in [5.41, 5.74) is 0. The first-order chi connectivity index (χ1) is 8.54. The second kappa shape index (κ2) is 6.83. The van der Waals surface area contributed by atoms with Gasteiger partial charge in [0.1, 0.15) is 5.76 Å². The molecule has 100 valence electrons. The van der Waals surface area contributed by atoms with Crippen molar-refractivity contribution in [3.63, 3.8) is 0 Å². The Hall–Kier alpha value is -1.78. The molecule has 0 unspecified atom stereocenters. The maximum atomic E-state index is 12.0. The molecule has 0 spiro atoms. The normalized spacial score (nSPS) is 10.4. The lowest BCUT2D eigenvalue weighted by atomic mass is 10.2. The quantitative estimate of drug-likeness (QED) is 0.726. The van der Waals surface area contributed by atoms with Crippen LogP contribution in [-0.4, -0.2) is 30.4 Å². The molecule has 0 radical (unpaired) electrons. The van der Waals surface area contributed by atoms with Gasteiger partial charge in [0, 0.05) is 12.5 Å². The van der Waals surface area contributed by atoms with Crippen molar-refractivity contribution in [1.29, 1.82) is 0 Å². The minimum absolute atomic E-state index is 0.00435. The Labute approximate surface area is 107 Å². The largest absolute Gasteiger partial charge is 0.469 e. The molecule has 0 N–H and O–H groups in total. The van der Waals surface area contributed by atoms with E-state index in [4.69, 9.17) is 4.42 Å². The number of hydrogen-bond acceptors (Lipinski definition) is 4. The van der Waals surface area contributed by atoms with Crippen molar-refractivity contribution in [1.82, 2.24) is 4.90 Å². The number of rotatable bonds is 6. The van der Waals surface area contributed by atoms with Crippen LogP contribution in [0, 0.1) is 5.92 Å². The number of carbonyl (C=O) groups is 2. The third-order valence-corrected chi connectivity index (χ3v) is 2.55. The van der Waals surface area contributed by atoms with Crippen LogP contribution in [0.1, 0.15) is 26.0 Å². The number of carbonyl (C=O) groups excluding carboxylic acids is 2. The van der Waals surface area contributed by atoms with E-state index in [0.717, 1.165) is 0 Å². The van der Waals surface area contributed by atoms with Crippen LogP contribution >= 0.6 is 0 Å². The summed E-state index contributed by atoms with van der Waals surface area (Å²) in [5.74, 6) is 0.262. The average Bonchev–Trinajstić information content (AvgIpc) is 2.85. The van der Waals surface area contributed by atoms with E-state index in [1.54, 1.807) is 23.3 Å². The summed E-state index contributed by atoms with van der Waals surface area (Å²) >= 11 is 0. The van der Waals surface area contributed by atoms with Gasteiger partial charge < -0.3 is 14.1 Å². The zero-order valence-electron chi connectivity index (χ0n) is 11.0.